The molecular formula is C10H18ClNO. The van der Waals surface area contributed by atoms with Gasteiger partial charge in [0.15, 0.2) is 0 Å². The van der Waals surface area contributed by atoms with E-state index in [1.54, 1.807) is 6.92 Å². The van der Waals surface area contributed by atoms with Crippen molar-refractivity contribution in [1.82, 2.24) is 4.90 Å². The fourth-order valence-electron chi connectivity index (χ4n) is 2.06. The summed E-state index contributed by atoms with van der Waals surface area (Å²) in [6.45, 7) is 5.96. The minimum absolute atomic E-state index is 0.0846. The van der Waals surface area contributed by atoms with Gasteiger partial charge in [-0.05, 0) is 40.0 Å². The SMILES string of the molecule is C[C@H](Cl)C(=O)N1[C@@H](C)CCC[C@@H]1C. The van der Waals surface area contributed by atoms with E-state index in [1.165, 1.54) is 6.42 Å². The van der Waals surface area contributed by atoms with Crippen molar-refractivity contribution < 1.29 is 4.79 Å². The van der Waals surface area contributed by atoms with Crippen LogP contribution in [0.4, 0.5) is 0 Å². The second-order valence-electron chi connectivity index (χ2n) is 3.99. The number of nitrogens with zero attached hydrogens (tertiary/aromatic N) is 1. The molecule has 1 heterocycles. The molecule has 0 aromatic rings. The zero-order valence-electron chi connectivity index (χ0n) is 8.59. The van der Waals surface area contributed by atoms with Crippen LogP contribution in [0, 0.1) is 0 Å². The lowest BCUT2D eigenvalue weighted by molar-refractivity contribution is -0.136. The molecule has 76 valence electrons. The lowest BCUT2D eigenvalue weighted by atomic mass is 9.97. The van der Waals surface area contributed by atoms with Crippen LogP contribution in [-0.2, 0) is 4.79 Å². The number of rotatable bonds is 1. The highest BCUT2D eigenvalue weighted by Gasteiger charge is 2.30. The predicted octanol–water partition coefficient (Wildman–Crippen LogP) is 2.40. The Balaban J connectivity index is 2.68. The largest absolute Gasteiger partial charge is 0.336 e. The van der Waals surface area contributed by atoms with Crippen LogP contribution in [0.3, 0.4) is 0 Å². The first-order chi connectivity index (χ1) is 6.04. The van der Waals surface area contributed by atoms with Crippen molar-refractivity contribution in [3.05, 3.63) is 0 Å². The molecule has 1 amide bonds. The summed E-state index contributed by atoms with van der Waals surface area (Å²) >= 11 is 5.80. The molecule has 0 aromatic carbocycles. The number of likely N-dealkylation sites (tertiary alicyclic amines) is 1. The highest BCUT2D eigenvalue weighted by atomic mass is 35.5. The first-order valence-electron chi connectivity index (χ1n) is 5.00. The lowest BCUT2D eigenvalue weighted by Crippen LogP contribution is -2.49. The smallest absolute Gasteiger partial charge is 0.240 e. The summed E-state index contributed by atoms with van der Waals surface area (Å²) in [6, 6.07) is 0.717. The molecule has 0 saturated carbocycles. The van der Waals surface area contributed by atoms with E-state index in [1.807, 2.05) is 4.90 Å². The van der Waals surface area contributed by atoms with Gasteiger partial charge < -0.3 is 4.90 Å². The third kappa shape index (κ3) is 2.37. The van der Waals surface area contributed by atoms with Gasteiger partial charge in [-0.1, -0.05) is 0 Å². The number of piperidine rings is 1. The highest BCUT2D eigenvalue weighted by molar-refractivity contribution is 6.30. The Labute approximate surface area is 85.2 Å². The summed E-state index contributed by atoms with van der Waals surface area (Å²) in [4.78, 5) is 13.7. The summed E-state index contributed by atoms with van der Waals surface area (Å²) in [6.07, 6.45) is 3.45. The van der Waals surface area contributed by atoms with E-state index < -0.39 is 0 Å². The molecule has 0 radical (unpaired) electrons. The molecule has 2 nitrogen and oxygen atoms in total. The van der Waals surface area contributed by atoms with Gasteiger partial charge in [0.2, 0.25) is 5.91 Å². The van der Waals surface area contributed by atoms with E-state index in [4.69, 9.17) is 11.6 Å². The summed E-state index contributed by atoms with van der Waals surface area (Å²) < 4.78 is 0. The van der Waals surface area contributed by atoms with E-state index in [9.17, 15) is 4.79 Å². The molecule has 1 saturated heterocycles. The van der Waals surface area contributed by atoms with E-state index in [0.717, 1.165) is 12.8 Å². The van der Waals surface area contributed by atoms with Crippen molar-refractivity contribution in [1.29, 1.82) is 0 Å². The molecule has 0 aromatic heterocycles. The molecule has 0 unspecified atom stereocenters. The number of amides is 1. The number of alkyl halides is 1. The van der Waals surface area contributed by atoms with Gasteiger partial charge in [0, 0.05) is 12.1 Å². The third-order valence-corrected chi connectivity index (χ3v) is 2.97. The van der Waals surface area contributed by atoms with E-state index in [-0.39, 0.29) is 11.3 Å². The van der Waals surface area contributed by atoms with Crippen LogP contribution < -0.4 is 0 Å². The lowest BCUT2D eigenvalue weighted by Gasteiger charge is -2.39. The number of carbonyl (C=O) groups is 1. The summed E-state index contributed by atoms with van der Waals surface area (Å²) in [7, 11) is 0. The van der Waals surface area contributed by atoms with Crippen LogP contribution in [0.2, 0.25) is 0 Å². The van der Waals surface area contributed by atoms with Gasteiger partial charge in [-0.25, -0.2) is 0 Å². The third-order valence-electron chi connectivity index (χ3n) is 2.79. The molecule has 3 atom stereocenters. The topological polar surface area (TPSA) is 20.3 Å². The second kappa shape index (κ2) is 4.32. The zero-order valence-corrected chi connectivity index (χ0v) is 9.34. The van der Waals surface area contributed by atoms with Gasteiger partial charge >= 0.3 is 0 Å². The van der Waals surface area contributed by atoms with Crippen LogP contribution in [0.1, 0.15) is 40.0 Å². The Morgan fingerprint density at radius 2 is 1.85 bits per heavy atom. The Morgan fingerprint density at radius 3 is 2.23 bits per heavy atom. The second-order valence-corrected chi connectivity index (χ2v) is 4.65. The van der Waals surface area contributed by atoms with Crippen molar-refractivity contribution in [3.63, 3.8) is 0 Å². The van der Waals surface area contributed by atoms with Crippen molar-refractivity contribution in [2.45, 2.75) is 57.5 Å². The monoisotopic (exact) mass is 203 g/mol. The quantitative estimate of drug-likeness (QED) is 0.600. The average Bonchev–Trinajstić information content (AvgIpc) is 2.03. The maximum Gasteiger partial charge on any atom is 0.240 e. The molecule has 1 aliphatic rings. The molecule has 1 aliphatic heterocycles. The van der Waals surface area contributed by atoms with Crippen LogP contribution in [0.25, 0.3) is 0 Å². The van der Waals surface area contributed by atoms with Crippen molar-refractivity contribution in [2.75, 3.05) is 0 Å². The van der Waals surface area contributed by atoms with Crippen molar-refractivity contribution in [3.8, 4) is 0 Å². The zero-order chi connectivity index (χ0) is 10.0. The molecule has 0 aliphatic carbocycles. The molecule has 0 bridgehead atoms. The highest BCUT2D eigenvalue weighted by Crippen LogP contribution is 2.23. The van der Waals surface area contributed by atoms with Crippen LogP contribution in [-0.4, -0.2) is 28.3 Å². The Kier molecular flexibility index (Phi) is 3.60. The van der Waals surface area contributed by atoms with Crippen LogP contribution in [0.5, 0.6) is 0 Å². The summed E-state index contributed by atoms with van der Waals surface area (Å²) in [5.74, 6) is 0.0846. The van der Waals surface area contributed by atoms with Crippen molar-refractivity contribution >= 4 is 17.5 Å². The van der Waals surface area contributed by atoms with Crippen LogP contribution in [0.15, 0.2) is 0 Å². The van der Waals surface area contributed by atoms with Gasteiger partial charge in [-0.2, -0.15) is 0 Å². The normalized spacial score (nSPS) is 31.5. The fourth-order valence-corrected chi connectivity index (χ4v) is 2.17. The molecule has 1 rings (SSSR count). The Morgan fingerprint density at radius 1 is 1.38 bits per heavy atom. The molecule has 0 spiro atoms. The molecule has 1 fully saturated rings. The minimum atomic E-state index is -0.386. The average molecular weight is 204 g/mol. The Hall–Kier alpha value is -0.240. The first-order valence-corrected chi connectivity index (χ1v) is 5.44. The molecule has 13 heavy (non-hydrogen) atoms. The van der Waals surface area contributed by atoms with E-state index in [0.29, 0.717) is 12.1 Å². The molecule has 0 N–H and O–H groups in total. The van der Waals surface area contributed by atoms with Crippen molar-refractivity contribution in [2.24, 2.45) is 0 Å². The van der Waals surface area contributed by atoms with Gasteiger partial charge in [0.05, 0.1) is 0 Å². The summed E-state index contributed by atoms with van der Waals surface area (Å²) in [5, 5.41) is -0.386. The standard InChI is InChI=1S/C10H18ClNO/c1-7-5-4-6-8(2)12(7)10(13)9(3)11/h7-9H,4-6H2,1-3H3/t7-,8-,9-/m0/s1. The number of carbonyl (C=O) groups excluding carboxylic acids is 1. The fraction of sp³-hybridized carbons (Fsp3) is 0.900. The maximum atomic E-state index is 11.7. The molecule has 3 heteroatoms. The first kappa shape index (κ1) is 10.8. The minimum Gasteiger partial charge on any atom is -0.336 e. The molecular weight excluding hydrogens is 186 g/mol. The number of hydrogen-bond donors (Lipinski definition) is 0. The van der Waals surface area contributed by atoms with Gasteiger partial charge in [-0.3, -0.25) is 4.79 Å². The predicted molar refractivity (Wildman–Crippen MR) is 54.9 cm³/mol. The summed E-state index contributed by atoms with van der Waals surface area (Å²) in [5.41, 5.74) is 0. The maximum absolute atomic E-state index is 11.7. The van der Waals surface area contributed by atoms with Gasteiger partial charge in [-0.15, -0.1) is 11.6 Å². The number of halogens is 1. The Bertz CT molecular complexity index is 183. The number of hydrogen-bond acceptors (Lipinski definition) is 1. The van der Waals surface area contributed by atoms with Gasteiger partial charge in [0.25, 0.3) is 0 Å². The van der Waals surface area contributed by atoms with E-state index >= 15 is 0 Å². The van der Waals surface area contributed by atoms with Gasteiger partial charge in [0.1, 0.15) is 5.38 Å². The van der Waals surface area contributed by atoms with Crippen LogP contribution >= 0.6 is 11.6 Å². The van der Waals surface area contributed by atoms with E-state index in [2.05, 4.69) is 13.8 Å².